The zero-order valence-electron chi connectivity index (χ0n) is 3.59. The van der Waals surface area contributed by atoms with E-state index >= 15 is 0 Å². The standard InChI is InChI=1S/C3H8O3/c1-6-3(5)2-4/h3-5H,2H2,1H3. The Hall–Kier alpha value is -0.120. The van der Waals surface area contributed by atoms with Crippen LogP contribution in [0.5, 0.6) is 0 Å². The molecule has 0 radical (unpaired) electrons. The Morgan fingerprint density at radius 3 is 2.33 bits per heavy atom. The Morgan fingerprint density at radius 1 is 1.83 bits per heavy atom. The Bertz CT molecular complexity index is 25.2. The van der Waals surface area contributed by atoms with Crippen LogP contribution < -0.4 is 0 Å². The molecular weight excluding hydrogens is 84.0 g/mol. The van der Waals surface area contributed by atoms with E-state index in [1.807, 2.05) is 0 Å². The number of aliphatic hydroxyl groups is 2. The molecule has 0 saturated heterocycles. The molecule has 3 heteroatoms. The molecule has 0 aliphatic carbocycles. The van der Waals surface area contributed by atoms with Gasteiger partial charge >= 0.3 is 0 Å². The van der Waals surface area contributed by atoms with Gasteiger partial charge in [0.05, 0.1) is 6.61 Å². The smallest absolute Gasteiger partial charge is 0.177 e. The second-order valence-corrected chi connectivity index (χ2v) is 0.873. The number of hydrogen-bond donors (Lipinski definition) is 2. The maximum absolute atomic E-state index is 8.19. The van der Waals surface area contributed by atoms with Crippen molar-refractivity contribution in [2.24, 2.45) is 0 Å². The van der Waals surface area contributed by atoms with Crippen molar-refractivity contribution in [2.75, 3.05) is 13.7 Å². The first-order valence-corrected chi connectivity index (χ1v) is 1.63. The fraction of sp³-hybridized carbons (Fsp3) is 1.00. The summed E-state index contributed by atoms with van der Waals surface area (Å²) in [7, 11) is 1.32. The van der Waals surface area contributed by atoms with E-state index in [0.29, 0.717) is 0 Å². The molecule has 0 amide bonds. The van der Waals surface area contributed by atoms with E-state index in [4.69, 9.17) is 10.2 Å². The zero-order chi connectivity index (χ0) is 4.99. The molecule has 0 aliphatic rings. The lowest BCUT2D eigenvalue weighted by atomic mass is 10.7. The minimum atomic E-state index is -1.01. The van der Waals surface area contributed by atoms with Gasteiger partial charge in [-0.2, -0.15) is 0 Å². The molecule has 3 nitrogen and oxygen atoms in total. The van der Waals surface area contributed by atoms with E-state index < -0.39 is 6.29 Å². The fourth-order valence-corrected chi connectivity index (χ4v) is 0.0745. The van der Waals surface area contributed by atoms with Crippen LogP contribution in [0.1, 0.15) is 0 Å². The molecule has 0 fully saturated rings. The third-order valence-electron chi connectivity index (χ3n) is 0.428. The normalized spacial score (nSPS) is 14.5. The van der Waals surface area contributed by atoms with Gasteiger partial charge in [-0.1, -0.05) is 0 Å². The quantitative estimate of drug-likeness (QED) is 0.427. The number of aliphatic hydroxyl groups excluding tert-OH is 2. The second-order valence-electron chi connectivity index (χ2n) is 0.873. The molecule has 6 heavy (non-hydrogen) atoms. The van der Waals surface area contributed by atoms with Gasteiger partial charge in [0.25, 0.3) is 0 Å². The monoisotopic (exact) mass is 92.0 g/mol. The van der Waals surface area contributed by atoms with E-state index in [0.717, 1.165) is 0 Å². The van der Waals surface area contributed by atoms with Gasteiger partial charge in [0, 0.05) is 7.11 Å². The van der Waals surface area contributed by atoms with E-state index in [2.05, 4.69) is 4.74 Å². The van der Waals surface area contributed by atoms with Gasteiger partial charge in [-0.3, -0.25) is 0 Å². The molecule has 38 valence electrons. The van der Waals surface area contributed by atoms with Crippen molar-refractivity contribution in [3.05, 3.63) is 0 Å². The van der Waals surface area contributed by atoms with Gasteiger partial charge in [0.15, 0.2) is 6.29 Å². The van der Waals surface area contributed by atoms with Crippen LogP contribution in [-0.2, 0) is 4.74 Å². The highest BCUT2D eigenvalue weighted by molar-refractivity contribution is 4.25. The minimum Gasteiger partial charge on any atom is -0.391 e. The van der Waals surface area contributed by atoms with Crippen molar-refractivity contribution in [3.8, 4) is 0 Å². The summed E-state index contributed by atoms with van der Waals surface area (Å²) in [5.74, 6) is 0. The van der Waals surface area contributed by atoms with Crippen molar-refractivity contribution in [1.82, 2.24) is 0 Å². The average molecular weight is 92.1 g/mol. The topological polar surface area (TPSA) is 49.7 Å². The highest BCUT2D eigenvalue weighted by Gasteiger charge is 1.92. The highest BCUT2D eigenvalue weighted by Crippen LogP contribution is 1.75. The van der Waals surface area contributed by atoms with Crippen LogP contribution in [0.4, 0.5) is 0 Å². The Kier molecular flexibility index (Phi) is 3.02. The van der Waals surface area contributed by atoms with Crippen LogP contribution in [0.15, 0.2) is 0 Å². The molecule has 0 spiro atoms. The van der Waals surface area contributed by atoms with E-state index in [-0.39, 0.29) is 6.61 Å². The lowest BCUT2D eigenvalue weighted by Gasteiger charge is -1.99. The molecule has 0 aliphatic heterocycles. The van der Waals surface area contributed by atoms with Gasteiger partial charge in [-0.05, 0) is 0 Å². The molecule has 1 atom stereocenters. The Balaban J connectivity index is 2.75. The van der Waals surface area contributed by atoms with Crippen molar-refractivity contribution < 1.29 is 14.9 Å². The van der Waals surface area contributed by atoms with Crippen LogP contribution in [-0.4, -0.2) is 30.2 Å². The predicted molar refractivity (Wildman–Crippen MR) is 20.1 cm³/mol. The molecule has 2 N–H and O–H groups in total. The largest absolute Gasteiger partial charge is 0.391 e. The van der Waals surface area contributed by atoms with Crippen LogP contribution in [0.25, 0.3) is 0 Å². The van der Waals surface area contributed by atoms with Gasteiger partial charge in [0.1, 0.15) is 0 Å². The lowest BCUT2D eigenvalue weighted by Crippen LogP contribution is -2.12. The predicted octanol–water partition coefficient (Wildman–Crippen LogP) is -1.06. The van der Waals surface area contributed by atoms with Crippen molar-refractivity contribution >= 4 is 0 Å². The second kappa shape index (κ2) is 3.08. The van der Waals surface area contributed by atoms with Crippen molar-refractivity contribution in [2.45, 2.75) is 6.29 Å². The highest BCUT2D eigenvalue weighted by atomic mass is 16.6. The van der Waals surface area contributed by atoms with Gasteiger partial charge in [0.2, 0.25) is 0 Å². The summed E-state index contributed by atoms with van der Waals surface area (Å²) in [5, 5.41) is 16.2. The van der Waals surface area contributed by atoms with Crippen LogP contribution in [0, 0.1) is 0 Å². The number of hydrogen-bond acceptors (Lipinski definition) is 3. The summed E-state index contributed by atoms with van der Waals surface area (Å²) in [6.45, 7) is -0.337. The summed E-state index contributed by atoms with van der Waals surface area (Å²) >= 11 is 0. The summed E-state index contributed by atoms with van der Waals surface area (Å²) < 4.78 is 4.20. The van der Waals surface area contributed by atoms with Gasteiger partial charge in [-0.25, -0.2) is 0 Å². The third kappa shape index (κ3) is 2.14. The van der Waals surface area contributed by atoms with Crippen molar-refractivity contribution in [3.63, 3.8) is 0 Å². The summed E-state index contributed by atoms with van der Waals surface area (Å²) in [6, 6.07) is 0. The first kappa shape index (κ1) is 5.88. The minimum absolute atomic E-state index is 0.337. The van der Waals surface area contributed by atoms with E-state index in [9.17, 15) is 0 Å². The van der Waals surface area contributed by atoms with Gasteiger partial charge < -0.3 is 14.9 Å². The van der Waals surface area contributed by atoms with Crippen molar-refractivity contribution in [1.29, 1.82) is 0 Å². The number of methoxy groups -OCH3 is 1. The third-order valence-corrected chi connectivity index (χ3v) is 0.428. The first-order valence-electron chi connectivity index (χ1n) is 1.63. The molecule has 0 rings (SSSR count). The number of ether oxygens (including phenoxy) is 1. The summed E-state index contributed by atoms with van der Waals surface area (Å²) in [6.07, 6.45) is -1.01. The molecule has 0 aromatic carbocycles. The van der Waals surface area contributed by atoms with Crippen LogP contribution >= 0.6 is 0 Å². The van der Waals surface area contributed by atoms with E-state index in [1.165, 1.54) is 7.11 Å². The fourth-order valence-electron chi connectivity index (χ4n) is 0.0745. The SMILES string of the molecule is COC(O)CO. The first-order chi connectivity index (χ1) is 2.81. The summed E-state index contributed by atoms with van der Waals surface area (Å²) in [5.41, 5.74) is 0. The molecule has 0 aromatic rings. The molecule has 0 bridgehead atoms. The molecule has 0 heterocycles. The maximum Gasteiger partial charge on any atom is 0.177 e. The van der Waals surface area contributed by atoms with E-state index in [1.54, 1.807) is 0 Å². The molecule has 0 saturated carbocycles. The Morgan fingerprint density at radius 2 is 2.33 bits per heavy atom. The molecular formula is C3H8O3. The number of rotatable bonds is 2. The van der Waals surface area contributed by atoms with Crippen LogP contribution in [0.2, 0.25) is 0 Å². The Labute approximate surface area is 36.2 Å². The van der Waals surface area contributed by atoms with Crippen LogP contribution in [0.3, 0.4) is 0 Å². The van der Waals surface area contributed by atoms with Gasteiger partial charge in [-0.15, -0.1) is 0 Å². The average Bonchev–Trinajstić information content (AvgIpc) is 1.65. The molecule has 1 unspecified atom stereocenters. The lowest BCUT2D eigenvalue weighted by molar-refractivity contribution is -0.102. The summed E-state index contributed by atoms with van der Waals surface area (Å²) in [4.78, 5) is 0. The molecule has 0 aromatic heterocycles. The zero-order valence-corrected chi connectivity index (χ0v) is 3.59. The maximum atomic E-state index is 8.19.